The Hall–Kier alpha value is -1.73. The van der Waals surface area contributed by atoms with Crippen LogP contribution in [0.2, 0.25) is 0 Å². The molecule has 2 fully saturated rings. The van der Waals surface area contributed by atoms with Gasteiger partial charge < -0.3 is 4.90 Å². The highest BCUT2D eigenvalue weighted by Crippen LogP contribution is 2.38. The molecule has 0 aliphatic carbocycles. The molecule has 0 aromatic heterocycles. The van der Waals surface area contributed by atoms with E-state index in [1.165, 1.54) is 6.07 Å². The number of carbonyl (C=O) groups excluding carboxylic acids is 1. The molecule has 0 N–H and O–H groups in total. The molecule has 2 saturated heterocycles. The number of hydrogen-bond acceptors (Lipinski definition) is 3. The van der Waals surface area contributed by atoms with Crippen molar-refractivity contribution in [3.05, 3.63) is 35.1 Å². The lowest BCUT2D eigenvalue weighted by Crippen LogP contribution is -2.42. The zero-order valence-corrected chi connectivity index (χ0v) is 12.2. The third kappa shape index (κ3) is 2.58. The van der Waals surface area contributed by atoms with Crippen LogP contribution >= 0.6 is 0 Å². The largest absolute Gasteiger partial charge is 0.300 e. The van der Waals surface area contributed by atoms with Gasteiger partial charge in [0, 0.05) is 18.0 Å². The van der Waals surface area contributed by atoms with Gasteiger partial charge in [0.2, 0.25) is 0 Å². The van der Waals surface area contributed by atoms with Crippen molar-refractivity contribution < 1.29 is 9.18 Å². The Kier molecular flexibility index (Phi) is 3.77. The molecule has 110 valence electrons. The minimum atomic E-state index is -0.487. The molecule has 21 heavy (non-hydrogen) atoms. The van der Waals surface area contributed by atoms with Crippen LogP contribution in [0.25, 0.3) is 0 Å². The maximum atomic E-state index is 14.1. The van der Waals surface area contributed by atoms with Crippen molar-refractivity contribution >= 4 is 5.78 Å². The quantitative estimate of drug-likeness (QED) is 0.802. The van der Waals surface area contributed by atoms with E-state index in [4.69, 9.17) is 5.26 Å². The number of nitrogens with zero attached hydrogens (tertiary/aromatic N) is 2. The summed E-state index contributed by atoms with van der Waals surface area (Å²) in [7, 11) is 2.13. The van der Waals surface area contributed by atoms with Crippen molar-refractivity contribution in [1.82, 2.24) is 4.90 Å². The average molecular weight is 286 g/mol. The number of fused-ring (bicyclic) bond motifs is 2. The van der Waals surface area contributed by atoms with Crippen LogP contribution in [0.3, 0.4) is 0 Å². The van der Waals surface area contributed by atoms with Crippen molar-refractivity contribution in [2.24, 2.45) is 5.92 Å². The van der Waals surface area contributed by atoms with E-state index in [1.54, 1.807) is 12.1 Å². The zero-order chi connectivity index (χ0) is 15.0. The molecule has 1 aromatic rings. The minimum absolute atomic E-state index is 0.0602. The first-order valence-corrected chi connectivity index (χ1v) is 7.51. The normalized spacial score (nSPS) is 28.3. The number of rotatable bonds is 3. The van der Waals surface area contributed by atoms with E-state index in [1.807, 2.05) is 6.07 Å². The molecular weight excluding hydrogens is 267 g/mol. The molecule has 0 saturated carbocycles. The highest BCUT2D eigenvalue weighted by atomic mass is 19.1. The molecule has 4 heteroatoms. The molecule has 0 spiro atoms. The second kappa shape index (κ2) is 5.57. The van der Waals surface area contributed by atoms with E-state index < -0.39 is 5.82 Å². The van der Waals surface area contributed by atoms with Gasteiger partial charge in [0.05, 0.1) is 18.1 Å². The van der Waals surface area contributed by atoms with E-state index in [0.29, 0.717) is 17.6 Å². The summed E-state index contributed by atoms with van der Waals surface area (Å²) < 4.78 is 14.1. The first kappa shape index (κ1) is 14.2. The predicted molar refractivity (Wildman–Crippen MR) is 77.3 cm³/mol. The second-order valence-corrected chi connectivity index (χ2v) is 6.23. The lowest BCUT2D eigenvalue weighted by atomic mass is 9.84. The van der Waals surface area contributed by atoms with Crippen LogP contribution in [0.5, 0.6) is 0 Å². The molecule has 0 radical (unpaired) electrons. The number of hydrogen-bond donors (Lipinski definition) is 0. The summed E-state index contributed by atoms with van der Waals surface area (Å²) in [6, 6.07) is 7.48. The van der Waals surface area contributed by atoms with E-state index >= 15 is 0 Å². The van der Waals surface area contributed by atoms with Gasteiger partial charge in [-0.25, -0.2) is 4.39 Å². The molecule has 0 amide bonds. The van der Waals surface area contributed by atoms with Crippen molar-refractivity contribution in [2.75, 3.05) is 7.05 Å². The topological polar surface area (TPSA) is 44.1 Å². The lowest BCUT2D eigenvalue weighted by molar-refractivity contribution is 0.0763. The molecule has 2 atom stereocenters. The van der Waals surface area contributed by atoms with Gasteiger partial charge in [-0.2, -0.15) is 5.26 Å². The highest BCUT2D eigenvalue weighted by molar-refractivity contribution is 5.98. The lowest BCUT2D eigenvalue weighted by Gasteiger charge is -2.35. The van der Waals surface area contributed by atoms with Gasteiger partial charge in [-0.3, -0.25) is 4.79 Å². The van der Waals surface area contributed by atoms with Crippen LogP contribution in [-0.4, -0.2) is 29.8 Å². The van der Waals surface area contributed by atoms with Crippen LogP contribution in [0.15, 0.2) is 18.2 Å². The number of halogens is 1. The Morgan fingerprint density at radius 2 is 2.05 bits per heavy atom. The molecule has 1 aromatic carbocycles. The smallest absolute Gasteiger partial charge is 0.169 e. The van der Waals surface area contributed by atoms with Crippen LogP contribution in [0.1, 0.15) is 41.6 Å². The first-order chi connectivity index (χ1) is 10.1. The summed E-state index contributed by atoms with van der Waals surface area (Å²) >= 11 is 0. The third-order valence-electron chi connectivity index (χ3n) is 5.05. The standard InChI is InChI=1S/C17H19FN2O/c1-20-13-3-4-14(20)10-12(9-13)17(21)15-5-2-11(6-7-19)8-16(15)18/h2,5,8,12-14H,3-4,6,9-10H2,1H3. The van der Waals surface area contributed by atoms with Crippen molar-refractivity contribution in [3.63, 3.8) is 0 Å². The number of carbonyl (C=O) groups is 1. The molecule has 2 bridgehead atoms. The fourth-order valence-electron chi connectivity index (χ4n) is 3.81. The highest BCUT2D eigenvalue weighted by Gasteiger charge is 2.41. The summed E-state index contributed by atoms with van der Waals surface area (Å²) in [4.78, 5) is 15.0. The number of Topliss-reactive ketones (excluding diaryl/α,β-unsaturated/α-hetero) is 1. The first-order valence-electron chi connectivity index (χ1n) is 7.51. The van der Waals surface area contributed by atoms with Gasteiger partial charge >= 0.3 is 0 Å². The summed E-state index contributed by atoms with van der Waals surface area (Å²) in [6.45, 7) is 0. The zero-order valence-electron chi connectivity index (χ0n) is 12.2. The van der Waals surface area contributed by atoms with Crippen LogP contribution in [-0.2, 0) is 6.42 Å². The maximum absolute atomic E-state index is 14.1. The van der Waals surface area contributed by atoms with Crippen LogP contribution in [0.4, 0.5) is 4.39 Å². The Balaban J connectivity index is 1.78. The molecule has 2 heterocycles. The molecular formula is C17H19FN2O. The van der Waals surface area contributed by atoms with Gasteiger partial charge in [-0.15, -0.1) is 0 Å². The number of piperidine rings is 1. The SMILES string of the molecule is CN1C2CCC1CC(C(=O)c1ccc(CC#N)cc1F)C2. The van der Waals surface area contributed by atoms with Gasteiger partial charge in [0.1, 0.15) is 5.82 Å². The average Bonchev–Trinajstić information content (AvgIpc) is 2.69. The molecule has 3 rings (SSSR count). The molecule has 2 aliphatic rings. The maximum Gasteiger partial charge on any atom is 0.169 e. The Bertz CT molecular complexity index is 593. The molecule has 2 aliphatic heterocycles. The Labute approximate surface area is 124 Å². The van der Waals surface area contributed by atoms with E-state index in [-0.39, 0.29) is 23.7 Å². The second-order valence-electron chi connectivity index (χ2n) is 6.23. The van der Waals surface area contributed by atoms with Gasteiger partial charge in [0.25, 0.3) is 0 Å². The summed E-state index contributed by atoms with van der Waals surface area (Å²) in [6.07, 6.45) is 4.14. The summed E-state index contributed by atoms with van der Waals surface area (Å²) in [5.41, 5.74) is 0.806. The van der Waals surface area contributed by atoms with E-state index in [2.05, 4.69) is 11.9 Å². The summed E-state index contributed by atoms with van der Waals surface area (Å²) in [5.74, 6) is -0.616. The number of ketones is 1. The fraction of sp³-hybridized carbons (Fsp3) is 0.529. The van der Waals surface area contributed by atoms with Crippen molar-refractivity contribution in [1.29, 1.82) is 5.26 Å². The minimum Gasteiger partial charge on any atom is -0.300 e. The number of benzene rings is 1. The monoisotopic (exact) mass is 286 g/mol. The van der Waals surface area contributed by atoms with Crippen LogP contribution in [0, 0.1) is 23.1 Å². The third-order valence-corrected chi connectivity index (χ3v) is 5.05. The predicted octanol–water partition coefficient (Wildman–Crippen LogP) is 2.95. The van der Waals surface area contributed by atoms with Crippen molar-refractivity contribution in [2.45, 2.75) is 44.2 Å². The molecule has 2 unspecified atom stereocenters. The van der Waals surface area contributed by atoms with E-state index in [9.17, 15) is 9.18 Å². The fourth-order valence-corrected chi connectivity index (χ4v) is 3.81. The Morgan fingerprint density at radius 3 is 2.62 bits per heavy atom. The van der Waals surface area contributed by atoms with Crippen LogP contribution < -0.4 is 0 Å². The summed E-state index contributed by atoms with van der Waals surface area (Å²) in [5, 5.41) is 8.64. The van der Waals surface area contributed by atoms with Gasteiger partial charge in [-0.05, 0) is 50.4 Å². The van der Waals surface area contributed by atoms with Crippen molar-refractivity contribution in [3.8, 4) is 6.07 Å². The molecule has 3 nitrogen and oxygen atoms in total. The Morgan fingerprint density at radius 1 is 1.38 bits per heavy atom. The van der Waals surface area contributed by atoms with Gasteiger partial charge in [0.15, 0.2) is 5.78 Å². The van der Waals surface area contributed by atoms with E-state index in [0.717, 1.165) is 25.7 Å². The van der Waals surface area contributed by atoms with Gasteiger partial charge in [-0.1, -0.05) is 6.07 Å². The number of nitriles is 1.